The molecule has 2 fully saturated rings. The minimum absolute atomic E-state index is 0. The van der Waals surface area contributed by atoms with Gasteiger partial charge in [-0.25, -0.2) is 8.42 Å². The fourth-order valence-electron chi connectivity index (χ4n) is 4.12. The molecular formula is C19H30ClN3O3S. The molecule has 8 heteroatoms. The zero-order chi connectivity index (χ0) is 18.7. The van der Waals surface area contributed by atoms with Crippen LogP contribution in [-0.2, 0) is 10.0 Å². The first-order valence-corrected chi connectivity index (χ1v) is 11.0. The molecule has 1 amide bonds. The number of nitrogens with two attached hydrogens (primary N) is 1. The van der Waals surface area contributed by atoms with Crippen LogP contribution in [0.4, 0.5) is 0 Å². The molecule has 1 saturated heterocycles. The normalized spacial score (nSPS) is 26.4. The van der Waals surface area contributed by atoms with E-state index in [-0.39, 0.29) is 35.3 Å². The second kappa shape index (κ2) is 9.37. The van der Waals surface area contributed by atoms with Gasteiger partial charge in [0.1, 0.15) is 0 Å². The summed E-state index contributed by atoms with van der Waals surface area (Å²) in [6.45, 7) is 3.05. The Labute approximate surface area is 168 Å². The number of carbonyl (C=O) groups excluding carboxylic acids is 1. The maximum absolute atomic E-state index is 13.0. The lowest BCUT2D eigenvalue weighted by Crippen LogP contribution is -2.42. The molecule has 1 aromatic rings. The first-order valence-electron chi connectivity index (χ1n) is 9.56. The molecule has 3 unspecified atom stereocenters. The summed E-state index contributed by atoms with van der Waals surface area (Å²) in [6, 6.07) is 6.46. The molecule has 1 saturated carbocycles. The second-order valence-corrected chi connectivity index (χ2v) is 9.39. The van der Waals surface area contributed by atoms with Gasteiger partial charge in [0.15, 0.2) is 0 Å². The predicted molar refractivity (Wildman–Crippen MR) is 109 cm³/mol. The van der Waals surface area contributed by atoms with Crippen LogP contribution in [0.3, 0.4) is 0 Å². The van der Waals surface area contributed by atoms with Gasteiger partial charge in [-0.2, -0.15) is 4.31 Å². The van der Waals surface area contributed by atoms with E-state index in [1.165, 1.54) is 6.07 Å². The molecule has 3 atom stereocenters. The number of hydrogen-bond donors (Lipinski definition) is 2. The van der Waals surface area contributed by atoms with E-state index in [0.29, 0.717) is 24.6 Å². The molecule has 6 nitrogen and oxygen atoms in total. The smallest absolute Gasteiger partial charge is 0.251 e. The maximum Gasteiger partial charge on any atom is 0.251 e. The second-order valence-electron chi connectivity index (χ2n) is 7.50. The van der Waals surface area contributed by atoms with Crippen molar-refractivity contribution in [3.8, 4) is 0 Å². The number of benzene rings is 1. The van der Waals surface area contributed by atoms with Gasteiger partial charge >= 0.3 is 0 Å². The largest absolute Gasteiger partial charge is 0.349 e. The van der Waals surface area contributed by atoms with Crippen molar-refractivity contribution >= 4 is 28.3 Å². The number of hydrogen-bond acceptors (Lipinski definition) is 4. The van der Waals surface area contributed by atoms with E-state index < -0.39 is 10.0 Å². The summed E-state index contributed by atoms with van der Waals surface area (Å²) in [7, 11) is -3.58. The van der Waals surface area contributed by atoms with Crippen molar-refractivity contribution in [2.24, 2.45) is 11.7 Å². The molecule has 0 bridgehead atoms. The average molecular weight is 416 g/mol. The molecule has 0 radical (unpaired) electrons. The molecule has 27 heavy (non-hydrogen) atoms. The summed E-state index contributed by atoms with van der Waals surface area (Å²) in [5, 5.41) is 3.04. The van der Waals surface area contributed by atoms with Crippen molar-refractivity contribution in [2.75, 3.05) is 13.1 Å². The Hall–Kier alpha value is -1.15. The first kappa shape index (κ1) is 22.1. The fraction of sp³-hybridized carbons (Fsp3) is 0.632. The number of nitrogens with one attached hydrogen (secondary N) is 1. The summed E-state index contributed by atoms with van der Waals surface area (Å²) in [6.07, 6.45) is 5.83. The van der Waals surface area contributed by atoms with Gasteiger partial charge in [-0.15, -0.1) is 12.4 Å². The lowest BCUT2D eigenvalue weighted by Gasteiger charge is -2.32. The van der Waals surface area contributed by atoms with Crippen LogP contribution < -0.4 is 11.1 Å². The highest BCUT2D eigenvalue weighted by Crippen LogP contribution is 2.27. The number of amides is 1. The van der Waals surface area contributed by atoms with Crippen molar-refractivity contribution in [1.82, 2.24) is 9.62 Å². The maximum atomic E-state index is 13.0. The summed E-state index contributed by atoms with van der Waals surface area (Å²) < 4.78 is 27.6. The molecule has 1 heterocycles. The molecule has 2 aliphatic rings. The molecular weight excluding hydrogens is 386 g/mol. The highest BCUT2D eigenvalue weighted by molar-refractivity contribution is 7.89. The predicted octanol–water partition coefficient (Wildman–Crippen LogP) is 2.53. The summed E-state index contributed by atoms with van der Waals surface area (Å²) in [5.41, 5.74) is 6.17. The van der Waals surface area contributed by atoms with Crippen molar-refractivity contribution in [1.29, 1.82) is 0 Å². The van der Waals surface area contributed by atoms with Crippen LogP contribution in [0.1, 0.15) is 55.8 Å². The van der Waals surface area contributed by atoms with Crippen LogP contribution in [-0.4, -0.2) is 43.8 Å². The lowest BCUT2D eigenvalue weighted by atomic mass is 10.0. The number of carbonyl (C=O) groups is 1. The van der Waals surface area contributed by atoms with Crippen molar-refractivity contribution in [3.05, 3.63) is 29.8 Å². The van der Waals surface area contributed by atoms with Crippen LogP contribution in [0.2, 0.25) is 0 Å². The van der Waals surface area contributed by atoms with Gasteiger partial charge in [0.05, 0.1) is 4.90 Å². The molecule has 3 N–H and O–H groups in total. The van der Waals surface area contributed by atoms with Gasteiger partial charge in [0, 0.05) is 24.2 Å². The Morgan fingerprint density at radius 2 is 2.00 bits per heavy atom. The third kappa shape index (κ3) is 4.83. The number of halogens is 1. The van der Waals surface area contributed by atoms with E-state index in [1.54, 1.807) is 22.5 Å². The van der Waals surface area contributed by atoms with Crippen molar-refractivity contribution < 1.29 is 13.2 Å². The number of sulfonamides is 1. The molecule has 3 rings (SSSR count). The van der Waals surface area contributed by atoms with Crippen LogP contribution in [0.15, 0.2) is 29.2 Å². The zero-order valence-corrected chi connectivity index (χ0v) is 17.4. The van der Waals surface area contributed by atoms with Gasteiger partial charge in [0.2, 0.25) is 10.0 Å². The Kier molecular flexibility index (Phi) is 7.68. The molecule has 0 aromatic heterocycles. The summed E-state index contributed by atoms with van der Waals surface area (Å²) >= 11 is 0. The lowest BCUT2D eigenvalue weighted by molar-refractivity contribution is 0.0928. The monoisotopic (exact) mass is 415 g/mol. The van der Waals surface area contributed by atoms with Crippen LogP contribution in [0.25, 0.3) is 0 Å². The van der Waals surface area contributed by atoms with Crippen molar-refractivity contribution in [2.45, 2.75) is 62.4 Å². The number of rotatable bonds is 5. The number of piperidine rings is 1. The fourth-order valence-corrected chi connectivity index (χ4v) is 5.87. The number of nitrogens with zero attached hydrogens (tertiary/aromatic N) is 1. The summed E-state index contributed by atoms with van der Waals surface area (Å²) in [5.74, 6) is 0.0826. The Morgan fingerprint density at radius 1 is 1.22 bits per heavy atom. The minimum atomic E-state index is -3.58. The van der Waals surface area contributed by atoms with Crippen LogP contribution in [0, 0.1) is 5.92 Å². The van der Waals surface area contributed by atoms with E-state index in [1.807, 2.05) is 6.92 Å². The highest BCUT2D eigenvalue weighted by Gasteiger charge is 2.32. The van der Waals surface area contributed by atoms with Gasteiger partial charge < -0.3 is 11.1 Å². The quantitative estimate of drug-likeness (QED) is 0.772. The molecule has 1 aromatic carbocycles. The van der Waals surface area contributed by atoms with Gasteiger partial charge in [-0.05, 0) is 63.3 Å². The van der Waals surface area contributed by atoms with Gasteiger partial charge in [-0.3, -0.25) is 4.79 Å². The molecule has 1 aliphatic carbocycles. The standard InChI is InChI=1S/C19H29N3O3S.ClH/c1-14-6-2-3-11-22(14)26(24,25)17-9-4-7-15(12-17)19(23)21-18-10-5-8-16(18)13-20;/h4,7,9,12,14,16,18H,2-3,5-6,8,10-11,13,20H2,1H3,(H,21,23);1H. The van der Waals surface area contributed by atoms with E-state index in [0.717, 1.165) is 38.5 Å². The van der Waals surface area contributed by atoms with E-state index in [9.17, 15) is 13.2 Å². The zero-order valence-electron chi connectivity index (χ0n) is 15.8. The Balaban J connectivity index is 0.00000261. The van der Waals surface area contributed by atoms with Gasteiger partial charge in [-0.1, -0.05) is 18.9 Å². The van der Waals surface area contributed by atoms with E-state index in [4.69, 9.17) is 5.73 Å². The SMILES string of the molecule is CC1CCCCN1S(=O)(=O)c1cccc(C(=O)NC2CCCC2CN)c1.Cl. The van der Waals surface area contributed by atoms with Crippen molar-refractivity contribution in [3.63, 3.8) is 0 Å². The van der Waals surface area contributed by atoms with Gasteiger partial charge in [0.25, 0.3) is 5.91 Å². The van der Waals surface area contributed by atoms with E-state index >= 15 is 0 Å². The Morgan fingerprint density at radius 3 is 2.70 bits per heavy atom. The molecule has 1 aliphatic heterocycles. The summed E-state index contributed by atoms with van der Waals surface area (Å²) in [4.78, 5) is 12.8. The topological polar surface area (TPSA) is 92.5 Å². The Bertz CT molecular complexity index is 756. The third-order valence-corrected chi connectivity index (χ3v) is 7.73. The highest BCUT2D eigenvalue weighted by atomic mass is 35.5. The van der Waals surface area contributed by atoms with Crippen LogP contribution in [0.5, 0.6) is 0 Å². The average Bonchev–Trinajstić information content (AvgIpc) is 3.09. The first-order chi connectivity index (χ1) is 12.4. The minimum Gasteiger partial charge on any atom is -0.349 e. The van der Waals surface area contributed by atoms with E-state index in [2.05, 4.69) is 5.32 Å². The third-order valence-electron chi connectivity index (χ3n) is 5.72. The molecule has 152 valence electrons. The molecule has 0 spiro atoms. The van der Waals surface area contributed by atoms with Crippen LogP contribution >= 0.6 is 12.4 Å².